The number of carbonyl (C=O) groups excluding carboxylic acids is 1. The van der Waals surface area contributed by atoms with Gasteiger partial charge in [-0.3, -0.25) is 4.79 Å². The van der Waals surface area contributed by atoms with E-state index in [0.717, 1.165) is 23.0 Å². The number of ketones is 1. The van der Waals surface area contributed by atoms with Gasteiger partial charge >= 0.3 is 0 Å². The van der Waals surface area contributed by atoms with E-state index in [1.54, 1.807) is 0 Å². The Morgan fingerprint density at radius 2 is 1.90 bits per heavy atom. The minimum Gasteiger partial charge on any atom is -0.444 e. The molecule has 0 radical (unpaired) electrons. The summed E-state index contributed by atoms with van der Waals surface area (Å²) in [5.41, 5.74) is 10.0. The number of para-hydroxylation sites is 1. The number of rotatable bonds is 2. The summed E-state index contributed by atoms with van der Waals surface area (Å²) in [6.45, 7) is 7.06. The first-order valence-electron chi connectivity index (χ1n) is 10.7. The fourth-order valence-corrected chi connectivity index (χ4v) is 5.20. The molecule has 3 aromatic rings. The van der Waals surface area contributed by atoms with E-state index in [1.165, 1.54) is 10.9 Å². The van der Waals surface area contributed by atoms with Gasteiger partial charge in [0.2, 0.25) is 5.88 Å². The quantitative estimate of drug-likeness (QED) is 0.623. The first-order valence-corrected chi connectivity index (χ1v) is 10.7. The van der Waals surface area contributed by atoms with E-state index < -0.39 is 5.92 Å². The Bertz CT molecular complexity index is 1360. The van der Waals surface area contributed by atoms with Crippen LogP contribution in [-0.4, -0.2) is 10.4 Å². The summed E-state index contributed by atoms with van der Waals surface area (Å²) in [6, 6.07) is 16.8. The molecule has 2 aliphatic rings. The summed E-state index contributed by atoms with van der Waals surface area (Å²) >= 11 is 0. The number of nitriles is 1. The van der Waals surface area contributed by atoms with Crippen molar-refractivity contribution in [3.05, 3.63) is 70.8 Å². The molecule has 1 unspecified atom stereocenters. The van der Waals surface area contributed by atoms with Gasteiger partial charge in [-0.25, -0.2) is 0 Å². The van der Waals surface area contributed by atoms with Gasteiger partial charge in [0.25, 0.3) is 0 Å². The highest BCUT2D eigenvalue weighted by molar-refractivity contribution is 6.08. The maximum absolute atomic E-state index is 13.2. The molecule has 0 amide bonds. The number of Topliss-reactive ketones (excluding diaryl/α,β-unsaturated/α-hetero) is 1. The van der Waals surface area contributed by atoms with Crippen LogP contribution in [0, 0.1) is 16.7 Å². The van der Waals surface area contributed by atoms with Crippen LogP contribution in [0.1, 0.15) is 45.1 Å². The van der Waals surface area contributed by atoms with Crippen LogP contribution in [0.3, 0.4) is 0 Å². The van der Waals surface area contributed by atoms with E-state index in [9.17, 15) is 10.1 Å². The van der Waals surface area contributed by atoms with Crippen molar-refractivity contribution in [2.24, 2.45) is 11.1 Å². The lowest BCUT2D eigenvalue weighted by molar-refractivity contribution is -0.119. The third kappa shape index (κ3) is 2.86. The van der Waals surface area contributed by atoms with Gasteiger partial charge < -0.3 is 15.0 Å². The van der Waals surface area contributed by atoms with Crippen molar-refractivity contribution in [3.63, 3.8) is 0 Å². The molecule has 1 aromatic heterocycles. The number of carbonyl (C=O) groups is 1. The number of aromatic nitrogens is 1. The first kappa shape index (κ1) is 19.4. The Hall–Kier alpha value is -3.52. The van der Waals surface area contributed by atoms with Crippen LogP contribution >= 0.6 is 0 Å². The molecule has 0 fully saturated rings. The molecular weight excluding hydrogens is 386 g/mol. The van der Waals surface area contributed by atoms with Gasteiger partial charge in [-0.15, -0.1) is 0 Å². The molecular formula is C26H25N3O2. The van der Waals surface area contributed by atoms with Gasteiger partial charge in [0, 0.05) is 46.8 Å². The molecule has 2 aromatic carbocycles. The molecule has 0 spiro atoms. The lowest BCUT2D eigenvalue weighted by atomic mass is 9.70. The minimum absolute atomic E-state index is 0.0348. The molecule has 0 saturated heterocycles. The zero-order valence-electron chi connectivity index (χ0n) is 18.0. The van der Waals surface area contributed by atoms with Gasteiger partial charge in [-0.1, -0.05) is 44.2 Å². The number of fused-ring (bicyclic) bond motifs is 3. The SMILES string of the molecule is CCn1c2ccccc2c2ccc(C3C(C#N)=C(N)OC4=C3C(=O)CC(C)(C)C4)cc21. The zero-order valence-corrected chi connectivity index (χ0v) is 18.0. The summed E-state index contributed by atoms with van der Waals surface area (Å²) in [7, 11) is 0. The molecule has 1 aliphatic carbocycles. The van der Waals surface area contributed by atoms with E-state index in [4.69, 9.17) is 10.5 Å². The molecule has 1 aliphatic heterocycles. The number of hydrogen-bond acceptors (Lipinski definition) is 4. The van der Waals surface area contributed by atoms with E-state index in [1.807, 2.05) is 18.2 Å². The van der Waals surface area contributed by atoms with Crippen LogP contribution in [0.5, 0.6) is 0 Å². The zero-order chi connectivity index (χ0) is 21.9. The molecule has 0 saturated carbocycles. The molecule has 0 bridgehead atoms. The van der Waals surface area contributed by atoms with Crippen LogP contribution < -0.4 is 5.73 Å². The standard InChI is InChI=1S/C26H25N3O2/c1-4-29-19-8-6-5-7-16(19)17-10-9-15(11-20(17)29)23-18(14-27)25(28)31-22-13-26(2,3)12-21(30)24(22)23/h5-11,23H,4,12-13,28H2,1-3H3. The average molecular weight is 412 g/mol. The van der Waals surface area contributed by atoms with Crippen LogP contribution in [0.15, 0.2) is 65.3 Å². The highest BCUT2D eigenvalue weighted by Gasteiger charge is 2.43. The number of benzene rings is 2. The first-order chi connectivity index (χ1) is 14.8. The summed E-state index contributed by atoms with van der Waals surface area (Å²) in [5.74, 6) is 0.254. The summed E-state index contributed by atoms with van der Waals surface area (Å²) in [5, 5.41) is 12.3. The number of ether oxygens (including phenoxy) is 1. The molecule has 5 rings (SSSR count). The van der Waals surface area contributed by atoms with Crippen LogP contribution in [0.4, 0.5) is 0 Å². The second-order valence-electron chi connectivity index (χ2n) is 9.24. The van der Waals surface area contributed by atoms with Gasteiger partial charge in [-0.2, -0.15) is 5.26 Å². The molecule has 2 N–H and O–H groups in total. The Kier molecular flexibility index (Phi) is 4.23. The number of allylic oxidation sites excluding steroid dienone is 3. The molecule has 5 nitrogen and oxygen atoms in total. The van der Waals surface area contributed by atoms with Gasteiger partial charge in [0.1, 0.15) is 17.4 Å². The number of nitrogens with two attached hydrogens (primary N) is 1. The van der Waals surface area contributed by atoms with Crippen molar-refractivity contribution in [1.82, 2.24) is 4.57 Å². The molecule has 1 atom stereocenters. The van der Waals surface area contributed by atoms with E-state index in [0.29, 0.717) is 29.7 Å². The lowest BCUT2D eigenvalue weighted by Crippen LogP contribution is -2.33. The second-order valence-corrected chi connectivity index (χ2v) is 9.24. The number of nitrogens with zero attached hydrogens (tertiary/aromatic N) is 2. The number of aryl methyl sites for hydroxylation is 1. The Balaban J connectivity index is 1.76. The van der Waals surface area contributed by atoms with Crippen molar-refractivity contribution in [2.75, 3.05) is 0 Å². The normalized spacial score (nSPS) is 20.7. The maximum Gasteiger partial charge on any atom is 0.205 e. The Morgan fingerprint density at radius 1 is 1.16 bits per heavy atom. The number of hydrogen-bond donors (Lipinski definition) is 1. The molecule has 31 heavy (non-hydrogen) atoms. The van der Waals surface area contributed by atoms with E-state index in [-0.39, 0.29) is 17.1 Å². The molecule has 2 heterocycles. The van der Waals surface area contributed by atoms with Gasteiger partial charge in [-0.05, 0) is 30.0 Å². The van der Waals surface area contributed by atoms with Gasteiger partial charge in [0.05, 0.1) is 5.92 Å². The van der Waals surface area contributed by atoms with Crippen molar-refractivity contribution in [3.8, 4) is 6.07 Å². The third-order valence-electron chi connectivity index (χ3n) is 6.52. The van der Waals surface area contributed by atoms with Crippen LogP contribution in [0.2, 0.25) is 0 Å². The monoisotopic (exact) mass is 411 g/mol. The maximum atomic E-state index is 13.2. The van der Waals surface area contributed by atoms with E-state index >= 15 is 0 Å². The molecule has 156 valence electrons. The van der Waals surface area contributed by atoms with E-state index in [2.05, 4.69) is 55.7 Å². The van der Waals surface area contributed by atoms with Crippen molar-refractivity contribution in [1.29, 1.82) is 5.26 Å². The summed E-state index contributed by atoms with van der Waals surface area (Å²) in [6.07, 6.45) is 1.06. The Morgan fingerprint density at radius 3 is 2.65 bits per heavy atom. The summed E-state index contributed by atoms with van der Waals surface area (Å²) in [4.78, 5) is 13.2. The lowest BCUT2D eigenvalue weighted by Gasteiger charge is -2.37. The molecule has 5 heteroatoms. The minimum atomic E-state index is -0.495. The van der Waals surface area contributed by atoms with Crippen molar-refractivity contribution in [2.45, 2.75) is 46.1 Å². The van der Waals surface area contributed by atoms with Crippen molar-refractivity contribution >= 4 is 27.6 Å². The fraction of sp³-hybridized carbons (Fsp3) is 0.308. The highest BCUT2D eigenvalue weighted by Crippen LogP contribution is 2.48. The second kappa shape index (κ2) is 6.75. The van der Waals surface area contributed by atoms with Crippen LogP contribution in [0.25, 0.3) is 21.8 Å². The van der Waals surface area contributed by atoms with Crippen LogP contribution in [-0.2, 0) is 16.1 Å². The van der Waals surface area contributed by atoms with Crippen molar-refractivity contribution < 1.29 is 9.53 Å². The third-order valence-corrected chi connectivity index (χ3v) is 6.52. The predicted octanol–water partition coefficient (Wildman–Crippen LogP) is 5.27. The smallest absolute Gasteiger partial charge is 0.205 e. The largest absolute Gasteiger partial charge is 0.444 e. The van der Waals surface area contributed by atoms with Gasteiger partial charge in [0.15, 0.2) is 5.78 Å². The highest BCUT2D eigenvalue weighted by atomic mass is 16.5. The fourth-order valence-electron chi connectivity index (χ4n) is 5.20. The predicted molar refractivity (Wildman–Crippen MR) is 121 cm³/mol. The topological polar surface area (TPSA) is 81.0 Å². The Labute approximate surface area is 181 Å². The summed E-state index contributed by atoms with van der Waals surface area (Å²) < 4.78 is 8.09. The average Bonchev–Trinajstić information content (AvgIpc) is 3.04.